The molecule has 0 aromatic heterocycles. The molecule has 2 bridgehead atoms. The van der Waals surface area contributed by atoms with Gasteiger partial charge in [0.2, 0.25) is 5.91 Å². The number of hydrogen-bond acceptors (Lipinski definition) is 9. The third kappa shape index (κ3) is 9.91. The van der Waals surface area contributed by atoms with Gasteiger partial charge in [-0.1, -0.05) is 108 Å². The maximum absolute atomic E-state index is 15.0. The van der Waals surface area contributed by atoms with Crippen molar-refractivity contribution in [2.45, 2.75) is 146 Å². The topological polar surface area (TPSA) is 174 Å². The van der Waals surface area contributed by atoms with Crippen LogP contribution in [0.1, 0.15) is 131 Å². The lowest BCUT2D eigenvalue weighted by molar-refractivity contribution is -0.216. The number of β-amino-alcohol motifs (C(OH)–C–C–N with tert-alkyl or cyclic N) is 1. The number of Topliss-reactive ketones (excluding diaryl/α,β-unsaturated/α-hetero) is 1. The number of nitrogens with one attached hydrogen (secondary N) is 2. The summed E-state index contributed by atoms with van der Waals surface area (Å²) in [5.41, 5.74) is 13.2. The highest BCUT2D eigenvalue weighted by Crippen LogP contribution is 2.69. The normalized spacial score (nSPS) is 36.1. The number of carbonyl (C=O) groups excluding carboxylic acids is 2. The molecule has 1 spiro atoms. The van der Waals surface area contributed by atoms with Crippen molar-refractivity contribution in [1.29, 1.82) is 0 Å². The van der Waals surface area contributed by atoms with Gasteiger partial charge in [-0.25, -0.2) is 0 Å². The summed E-state index contributed by atoms with van der Waals surface area (Å²) in [6.07, 6.45) is 13.8. The summed E-state index contributed by atoms with van der Waals surface area (Å²) < 4.78 is 6.24. The number of hydrogen-bond donors (Lipinski definition) is 7. The molecule has 352 valence electrons. The Bertz CT molecular complexity index is 2350. The van der Waals surface area contributed by atoms with E-state index in [4.69, 9.17) is 10.5 Å². The van der Waals surface area contributed by atoms with Gasteiger partial charge in [-0.15, -0.1) is 0 Å². The Kier molecular flexibility index (Phi) is 15.2. The summed E-state index contributed by atoms with van der Waals surface area (Å²) in [4.78, 5) is 28.6. The van der Waals surface area contributed by atoms with Gasteiger partial charge in [-0.2, -0.15) is 0 Å². The fourth-order valence-corrected chi connectivity index (χ4v) is 12.8. The molecule has 8 N–H and O–H groups in total. The zero-order chi connectivity index (χ0) is 46.6. The Morgan fingerprint density at radius 3 is 2.61 bits per heavy atom. The second-order valence-electron chi connectivity index (χ2n) is 20.2. The number of fused-ring (bicyclic) bond motifs is 3. The molecule has 3 saturated carbocycles. The van der Waals surface area contributed by atoms with Gasteiger partial charge in [0.25, 0.3) is 0 Å². The van der Waals surface area contributed by atoms with Crippen LogP contribution in [0.15, 0.2) is 101 Å². The van der Waals surface area contributed by atoms with Crippen LogP contribution in [-0.2, 0) is 33.6 Å². The SMILES string of the molecule is C=C1/C=C/C=C(\[C@H]2C[C@@H]3CCC[C@@]4(O)CCC5=C(C)C(=O)Cc6cccc7c6[C@@H](NC[C@H](O)CCc6cccc(c6)C[C@H](O)CC[C@H]5[C@@]34[C@@H]2O)C(=O)N[C@H]7N)COCC#CC/C(C)=C/CC1. The van der Waals surface area contributed by atoms with Crippen LogP contribution >= 0.6 is 0 Å². The van der Waals surface area contributed by atoms with E-state index >= 15 is 0 Å². The molecule has 10 heteroatoms. The maximum Gasteiger partial charge on any atom is 0.243 e. The second-order valence-corrected chi connectivity index (χ2v) is 20.2. The number of benzene rings is 2. The lowest BCUT2D eigenvalue weighted by Crippen LogP contribution is -2.65. The van der Waals surface area contributed by atoms with Crippen LogP contribution < -0.4 is 16.4 Å². The van der Waals surface area contributed by atoms with E-state index in [2.05, 4.69) is 54.2 Å². The van der Waals surface area contributed by atoms with Crippen molar-refractivity contribution in [3.05, 3.63) is 129 Å². The monoisotopic (exact) mass is 898 g/mol. The number of allylic oxidation sites excluding steroid dienone is 8. The van der Waals surface area contributed by atoms with Gasteiger partial charge in [-0.3, -0.25) is 14.9 Å². The van der Waals surface area contributed by atoms with Crippen molar-refractivity contribution in [3.63, 3.8) is 0 Å². The summed E-state index contributed by atoms with van der Waals surface area (Å²) in [5, 5.41) is 55.7. The van der Waals surface area contributed by atoms with E-state index in [1.807, 2.05) is 55.5 Å². The molecular formula is C56H71N3O7. The fraction of sp³-hybridized carbons (Fsp3) is 0.536. The van der Waals surface area contributed by atoms with Crippen molar-refractivity contribution in [3.8, 4) is 11.8 Å². The summed E-state index contributed by atoms with van der Waals surface area (Å²) in [7, 11) is 0. The molecule has 6 aliphatic rings. The van der Waals surface area contributed by atoms with Crippen molar-refractivity contribution in [1.82, 2.24) is 10.6 Å². The lowest BCUT2D eigenvalue weighted by Gasteiger charge is -2.61. The van der Waals surface area contributed by atoms with E-state index in [1.54, 1.807) is 0 Å². The van der Waals surface area contributed by atoms with Crippen LogP contribution in [0.25, 0.3) is 0 Å². The standard InChI is InChI=1S/C56H71N3O7/c1-35-11-4-5-28-66-34-41(18-7-14-36(2)13-6-12-35)47-32-42-19-10-26-55(65)27-25-45-37(3)49(62)31-40-17-9-20-46-50(40)51(54(64)59-53(46)57)58-33-44(61)22-21-38-15-8-16-39(29-38)30-43(60)23-24-48(45)56(42,55)52(47)63/h7-9,12,14-18,20,29,42-44,47-48,51-53,58,60-61,63,65H,2,6,10-11,13,19,21-28,30-34,57H2,1,3H3,(H,59,64)/b14-7+,35-12+,41-18-,45-37?/t42-,43+,44+,47+,48+,51+,52+,53+,55+,56+/m0/s1. The number of nitrogens with two attached hydrogens (primary N) is 1. The summed E-state index contributed by atoms with van der Waals surface area (Å²) in [6, 6.07) is 12.9. The minimum Gasteiger partial charge on any atom is -0.393 e. The van der Waals surface area contributed by atoms with Gasteiger partial charge in [-0.05, 0) is 142 Å². The number of aliphatic hydroxyl groups is 4. The van der Waals surface area contributed by atoms with Crippen LogP contribution in [-0.4, -0.2) is 75.8 Å². The van der Waals surface area contributed by atoms with Crippen LogP contribution in [0.2, 0.25) is 0 Å². The molecule has 10 nitrogen and oxygen atoms in total. The fourth-order valence-electron chi connectivity index (χ4n) is 12.8. The molecule has 0 saturated heterocycles. The van der Waals surface area contributed by atoms with E-state index in [1.165, 1.54) is 5.57 Å². The highest BCUT2D eigenvalue weighted by Gasteiger charge is 2.70. The average Bonchev–Trinajstić information content (AvgIpc) is 3.58. The molecule has 0 radical (unpaired) electrons. The first-order chi connectivity index (χ1) is 31.8. The molecular weight excluding hydrogens is 827 g/mol. The predicted octanol–water partition coefficient (Wildman–Crippen LogP) is 7.02. The maximum atomic E-state index is 15.0. The van der Waals surface area contributed by atoms with E-state index in [-0.39, 0.29) is 49.7 Å². The van der Waals surface area contributed by atoms with Crippen LogP contribution in [0.5, 0.6) is 0 Å². The quantitative estimate of drug-likeness (QED) is 0.117. The predicted molar refractivity (Wildman–Crippen MR) is 258 cm³/mol. The first-order valence-electron chi connectivity index (χ1n) is 24.5. The largest absolute Gasteiger partial charge is 0.393 e. The van der Waals surface area contributed by atoms with E-state index in [0.717, 1.165) is 59.1 Å². The summed E-state index contributed by atoms with van der Waals surface area (Å²) in [6.45, 7) is 8.99. The zero-order valence-corrected chi connectivity index (χ0v) is 39.0. The summed E-state index contributed by atoms with van der Waals surface area (Å²) in [5.74, 6) is 5.25. The van der Waals surface area contributed by atoms with Crippen molar-refractivity contribution < 1.29 is 34.8 Å². The van der Waals surface area contributed by atoms with Gasteiger partial charge < -0.3 is 36.2 Å². The third-order valence-electron chi connectivity index (χ3n) is 16.1. The molecule has 3 aliphatic heterocycles. The Morgan fingerprint density at radius 2 is 1.76 bits per heavy atom. The minimum absolute atomic E-state index is 0.0233. The number of aliphatic hydroxyl groups excluding tert-OH is 3. The second kappa shape index (κ2) is 20.8. The third-order valence-corrected chi connectivity index (χ3v) is 16.1. The number of ketones is 1. The van der Waals surface area contributed by atoms with Crippen molar-refractivity contribution in [2.75, 3.05) is 19.8 Å². The number of aryl methyl sites for hydroxylation is 1. The number of amides is 1. The van der Waals surface area contributed by atoms with E-state index in [0.29, 0.717) is 80.9 Å². The molecule has 8 rings (SSSR count). The molecule has 3 heterocycles. The Labute approximate surface area is 391 Å². The molecule has 3 aliphatic carbocycles. The van der Waals surface area contributed by atoms with Gasteiger partial charge in [0.15, 0.2) is 5.78 Å². The van der Waals surface area contributed by atoms with Gasteiger partial charge in [0.05, 0.1) is 30.5 Å². The molecule has 2 aromatic rings. The van der Waals surface area contributed by atoms with Crippen LogP contribution in [0.4, 0.5) is 0 Å². The first kappa shape index (κ1) is 48.0. The minimum atomic E-state index is -1.19. The Morgan fingerprint density at radius 1 is 0.939 bits per heavy atom. The smallest absolute Gasteiger partial charge is 0.243 e. The van der Waals surface area contributed by atoms with Crippen molar-refractivity contribution >= 4 is 11.7 Å². The number of carbonyl (C=O) groups is 2. The highest BCUT2D eigenvalue weighted by atomic mass is 16.5. The van der Waals surface area contributed by atoms with Gasteiger partial charge in [0, 0.05) is 30.7 Å². The average molecular weight is 898 g/mol. The molecule has 66 heavy (non-hydrogen) atoms. The molecule has 2 aromatic carbocycles. The zero-order valence-electron chi connectivity index (χ0n) is 39.0. The van der Waals surface area contributed by atoms with E-state index in [9.17, 15) is 30.0 Å². The van der Waals surface area contributed by atoms with E-state index < -0.39 is 47.5 Å². The number of rotatable bonds is 1. The van der Waals surface area contributed by atoms with Crippen LogP contribution in [0.3, 0.4) is 0 Å². The molecule has 0 unspecified atom stereocenters. The molecule has 10 atom stereocenters. The molecule has 3 fully saturated rings. The Balaban J connectivity index is 1.21. The Hall–Kier alpha value is -4.44. The molecule has 1 amide bonds. The lowest BCUT2D eigenvalue weighted by atomic mass is 9.45. The van der Waals surface area contributed by atoms with Crippen molar-refractivity contribution in [2.24, 2.45) is 28.9 Å². The van der Waals surface area contributed by atoms with Crippen LogP contribution in [0, 0.1) is 35.0 Å². The number of ether oxygens (including phenoxy) is 1. The highest BCUT2D eigenvalue weighted by molar-refractivity contribution is 5.98. The van der Waals surface area contributed by atoms with Gasteiger partial charge in [0.1, 0.15) is 18.8 Å². The first-order valence-corrected chi connectivity index (χ1v) is 24.5. The van der Waals surface area contributed by atoms with Gasteiger partial charge >= 0.3 is 0 Å². The summed E-state index contributed by atoms with van der Waals surface area (Å²) >= 11 is 0.